The molecule has 0 heterocycles. The molecular formula is C16H29NO4. The molecule has 0 aliphatic heterocycles. The maximum absolute atomic E-state index is 12.6. The number of ether oxygens (including phenoxy) is 1. The molecule has 0 bridgehead atoms. The highest BCUT2D eigenvalue weighted by Crippen LogP contribution is 2.41. The van der Waals surface area contributed by atoms with Gasteiger partial charge in [-0.25, -0.2) is 4.79 Å². The zero-order valence-corrected chi connectivity index (χ0v) is 13.5. The van der Waals surface area contributed by atoms with Gasteiger partial charge in [0.15, 0.2) is 0 Å². The van der Waals surface area contributed by atoms with Crippen molar-refractivity contribution in [1.29, 1.82) is 0 Å². The summed E-state index contributed by atoms with van der Waals surface area (Å²) in [5.41, 5.74) is -0.431. The molecule has 0 saturated heterocycles. The van der Waals surface area contributed by atoms with Gasteiger partial charge >= 0.3 is 5.97 Å². The van der Waals surface area contributed by atoms with E-state index in [0.717, 1.165) is 25.7 Å². The van der Waals surface area contributed by atoms with Crippen LogP contribution in [0, 0.1) is 11.3 Å². The molecule has 1 aliphatic rings. The summed E-state index contributed by atoms with van der Waals surface area (Å²) in [4.78, 5) is 23.9. The van der Waals surface area contributed by atoms with Crippen molar-refractivity contribution in [2.24, 2.45) is 11.3 Å². The Labute approximate surface area is 127 Å². The molecule has 1 atom stereocenters. The summed E-state index contributed by atoms with van der Waals surface area (Å²) in [6.45, 7) is 7.06. The number of carbonyl (C=O) groups excluding carboxylic acids is 1. The van der Waals surface area contributed by atoms with Crippen molar-refractivity contribution < 1.29 is 19.4 Å². The topological polar surface area (TPSA) is 75.6 Å². The predicted octanol–water partition coefficient (Wildman–Crippen LogP) is 2.59. The summed E-state index contributed by atoms with van der Waals surface area (Å²) in [5, 5.41) is 12.0. The molecule has 21 heavy (non-hydrogen) atoms. The third-order valence-corrected chi connectivity index (χ3v) is 4.28. The molecule has 1 fully saturated rings. The third-order valence-electron chi connectivity index (χ3n) is 4.28. The van der Waals surface area contributed by atoms with Gasteiger partial charge in [0.05, 0.1) is 5.41 Å². The van der Waals surface area contributed by atoms with E-state index < -0.39 is 17.4 Å². The van der Waals surface area contributed by atoms with Crippen LogP contribution in [0.25, 0.3) is 0 Å². The molecule has 0 spiro atoms. The molecule has 0 radical (unpaired) electrons. The molecule has 5 nitrogen and oxygen atoms in total. The molecule has 1 aliphatic carbocycles. The lowest BCUT2D eigenvalue weighted by Gasteiger charge is -2.29. The van der Waals surface area contributed by atoms with Gasteiger partial charge in [-0.3, -0.25) is 4.79 Å². The van der Waals surface area contributed by atoms with E-state index >= 15 is 0 Å². The lowest BCUT2D eigenvalue weighted by Crippen LogP contribution is -2.48. The Morgan fingerprint density at radius 3 is 2.38 bits per heavy atom. The van der Waals surface area contributed by atoms with Crippen LogP contribution >= 0.6 is 0 Å². The molecule has 0 aromatic carbocycles. The molecule has 1 saturated carbocycles. The quantitative estimate of drug-likeness (QED) is 0.642. The number of carboxylic acid groups (broad SMARTS) is 1. The van der Waals surface area contributed by atoms with E-state index in [1.165, 1.54) is 0 Å². The van der Waals surface area contributed by atoms with Gasteiger partial charge in [-0.1, -0.05) is 26.7 Å². The minimum absolute atomic E-state index is 0.104. The van der Waals surface area contributed by atoms with Crippen LogP contribution in [-0.2, 0) is 14.3 Å². The van der Waals surface area contributed by atoms with E-state index in [9.17, 15) is 14.7 Å². The number of rotatable bonds is 9. The van der Waals surface area contributed by atoms with Crippen molar-refractivity contribution in [2.45, 2.75) is 65.3 Å². The van der Waals surface area contributed by atoms with Gasteiger partial charge in [-0.15, -0.1) is 0 Å². The fraction of sp³-hybridized carbons (Fsp3) is 0.875. The van der Waals surface area contributed by atoms with Crippen LogP contribution in [0.3, 0.4) is 0 Å². The summed E-state index contributed by atoms with van der Waals surface area (Å²) in [6, 6.07) is -0.790. The summed E-state index contributed by atoms with van der Waals surface area (Å²) in [6.07, 6.45) is 4.87. The average Bonchev–Trinajstić information content (AvgIpc) is 2.87. The highest BCUT2D eigenvalue weighted by Gasteiger charge is 2.42. The normalized spacial score (nSPS) is 18.7. The van der Waals surface area contributed by atoms with Gasteiger partial charge in [0, 0.05) is 13.2 Å². The van der Waals surface area contributed by atoms with Crippen LogP contribution < -0.4 is 5.32 Å². The summed E-state index contributed by atoms with van der Waals surface area (Å²) < 4.78 is 5.39. The van der Waals surface area contributed by atoms with E-state index in [2.05, 4.69) is 5.32 Å². The largest absolute Gasteiger partial charge is 0.480 e. The number of hydrogen-bond donors (Lipinski definition) is 2. The molecule has 0 unspecified atom stereocenters. The monoisotopic (exact) mass is 299 g/mol. The zero-order valence-electron chi connectivity index (χ0n) is 13.5. The summed E-state index contributed by atoms with van der Waals surface area (Å²) >= 11 is 0. The van der Waals surface area contributed by atoms with E-state index in [-0.39, 0.29) is 11.8 Å². The maximum atomic E-state index is 12.6. The molecule has 1 rings (SSSR count). The minimum Gasteiger partial charge on any atom is -0.480 e. The molecule has 0 aromatic rings. The van der Waals surface area contributed by atoms with Gasteiger partial charge in [0.25, 0.3) is 0 Å². The Hall–Kier alpha value is -1.10. The number of aliphatic carboxylic acids is 1. The fourth-order valence-corrected chi connectivity index (χ4v) is 3.06. The van der Waals surface area contributed by atoms with Gasteiger partial charge in [0.1, 0.15) is 6.04 Å². The van der Waals surface area contributed by atoms with Crippen LogP contribution in [0.5, 0.6) is 0 Å². The second-order valence-corrected chi connectivity index (χ2v) is 6.43. The van der Waals surface area contributed by atoms with Crippen LogP contribution in [0.4, 0.5) is 0 Å². The minimum atomic E-state index is -0.949. The highest BCUT2D eigenvalue weighted by atomic mass is 16.5. The molecule has 2 N–H and O–H groups in total. The molecule has 5 heteroatoms. The summed E-state index contributed by atoms with van der Waals surface area (Å²) in [5.74, 6) is -0.822. The van der Waals surface area contributed by atoms with Crippen molar-refractivity contribution in [3.63, 3.8) is 0 Å². The Morgan fingerprint density at radius 1 is 1.29 bits per heavy atom. The first-order valence-corrected chi connectivity index (χ1v) is 8.03. The predicted molar refractivity (Wildman–Crippen MR) is 81.0 cm³/mol. The van der Waals surface area contributed by atoms with Crippen LogP contribution in [0.1, 0.15) is 59.3 Å². The number of carboxylic acids is 1. The van der Waals surface area contributed by atoms with E-state index in [1.807, 2.05) is 20.8 Å². The highest BCUT2D eigenvalue weighted by molar-refractivity contribution is 5.87. The molecular weight excluding hydrogens is 270 g/mol. The average molecular weight is 299 g/mol. The number of hydrogen-bond acceptors (Lipinski definition) is 3. The Balaban J connectivity index is 2.69. The first-order valence-electron chi connectivity index (χ1n) is 8.03. The standard InChI is InChI=1S/C16H29NO4/c1-4-21-10-9-16(7-5-6-8-16)15(20)17-13(14(18)19)11-12(2)3/h12-13H,4-11H2,1-3H3,(H,17,20)(H,18,19)/t13-/m1/s1. The van der Waals surface area contributed by atoms with Gasteiger partial charge < -0.3 is 15.2 Å². The molecule has 1 amide bonds. The Morgan fingerprint density at radius 2 is 1.90 bits per heavy atom. The van der Waals surface area contributed by atoms with Crippen molar-refractivity contribution in [3.05, 3.63) is 0 Å². The fourth-order valence-electron chi connectivity index (χ4n) is 3.06. The molecule has 0 aromatic heterocycles. The Bertz CT molecular complexity index is 348. The van der Waals surface area contributed by atoms with Crippen molar-refractivity contribution in [3.8, 4) is 0 Å². The first kappa shape index (κ1) is 18.0. The first-order chi connectivity index (χ1) is 9.91. The molecule has 122 valence electrons. The van der Waals surface area contributed by atoms with Gasteiger partial charge in [-0.2, -0.15) is 0 Å². The Kier molecular flexibility index (Phi) is 7.15. The van der Waals surface area contributed by atoms with E-state index in [4.69, 9.17) is 4.74 Å². The summed E-state index contributed by atoms with van der Waals surface area (Å²) in [7, 11) is 0. The van der Waals surface area contributed by atoms with Crippen molar-refractivity contribution in [2.75, 3.05) is 13.2 Å². The van der Waals surface area contributed by atoms with Gasteiger partial charge in [0.2, 0.25) is 5.91 Å². The number of carbonyl (C=O) groups is 2. The lowest BCUT2D eigenvalue weighted by atomic mass is 9.81. The maximum Gasteiger partial charge on any atom is 0.326 e. The van der Waals surface area contributed by atoms with Crippen molar-refractivity contribution >= 4 is 11.9 Å². The second kappa shape index (κ2) is 8.37. The zero-order chi connectivity index (χ0) is 15.9. The smallest absolute Gasteiger partial charge is 0.326 e. The van der Waals surface area contributed by atoms with E-state index in [1.54, 1.807) is 0 Å². The van der Waals surface area contributed by atoms with Crippen molar-refractivity contribution in [1.82, 2.24) is 5.32 Å². The lowest BCUT2D eigenvalue weighted by molar-refractivity contribution is -0.144. The van der Waals surface area contributed by atoms with E-state index in [0.29, 0.717) is 26.1 Å². The second-order valence-electron chi connectivity index (χ2n) is 6.43. The number of amides is 1. The number of nitrogens with one attached hydrogen (secondary N) is 1. The van der Waals surface area contributed by atoms with Crippen LogP contribution in [-0.4, -0.2) is 36.2 Å². The van der Waals surface area contributed by atoms with Gasteiger partial charge in [-0.05, 0) is 38.5 Å². The van der Waals surface area contributed by atoms with Crippen LogP contribution in [0.2, 0.25) is 0 Å². The van der Waals surface area contributed by atoms with Crippen LogP contribution in [0.15, 0.2) is 0 Å². The third kappa shape index (κ3) is 5.30. The SMILES string of the molecule is CCOCCC1(C(=O)N[C@H](CC(C)C)C(=O)O)CCCC1.